The highest BCUT2D eigenvalue weighted by molar-refractivity contribution is 8.93. The van der Waals surface area contributed by atoms with Crippen molar-refractivity contribution in [2.24, 2.45) is 4.99 Å². The number of hydrogen-bond acceptors (Lipinski definition) is 2. The largest absolute Gasteiger partial charge is 0.862 e. The molecule has 3 nitrogen and oxygen atoms in total. The fraction of sp³-hybridized carbons (Fsp3) is 0.654. The third-order valence-corrected chi connectivity index (χ3v) is 5.63. The number of quaternary nitrogens is 1. The fourth-order valence-corrected chi connectivity index (χ4v) is 3.68. The van der Waals surface area contributed by atoms with Crippen LogP contribution in [-0.4, -0.2) is 26.5 Å². The van der Waals surface area contributed by atoms with Crippen molar-refractivity contribution in [2.75, 3.05) is 20.6 Å². The van der Waals surface area contributed by atoms with Crippen molar-refractivity contribution in [3.8, 4) is 0 Å². The number of rotatable bonds is 17. The summed E-state index contributed by atoms with van der Waals surface area (Å²) in [6.07, 6.45) is 18.2. The van der Waals surface area contributed by atoms with E-state index in [1.165, 1.54) is 69.9 Å². The van der Waals surface area contributed by atoms with Crippen LogP contribution in [0.25, 0.3) is 0 Å². The van der Waals surface area contributed by atoms with E-state index < -0.39 is 0 Å². The summed E-state index contributed by atoms with van der Waals surface area (Å²) in [7, 11) is 4.29. The molecule has 0 amide bonds. The second-order valence-electron chi connectivity index (χ2n) is 8.82. The second-order valence-corrected chi connectivity index (χ2v) is 8.82. The monoisotopic (exact) mass is 480 g/mol. The fourth-order valence-electron chi connectivity index (χ4n) is 3.68. The smallest absolute Gasteiger partial charge is 0.132 e. The number of aliphatic imine (C=N–C) groups is 1. The summed E-state index contributed by atoms with van der Waals surface area (Å²) in [5, 5.41) is 12.1. The van der Waals surface area contributed by atoms with Crippen LogP contribution in [0.5, 0.6) is 0 Å². The van der Waals surface area contributed by atoms with Crippen LogP contribution in [0, 0.1) is 0 Å². The van der Waals surface area contributed by atoms with Crippen LogP contribution < -0.4 is 9.59 Å². The first kappa shape index (κ1) is 28.9. The number of hydrogen-bond donors (Lipinski definition) is 0. The lowest BCUT2D eigenvalue weighted by molar-refractivity contribution is -0.218. The Morgan fingerprint density at radius 3 is 1.80 bits per heavy atom. The molecule has 0 unspecified atom stereocenters. The average Bonchev–Trinajstić information content (AvgIpc) is 2.69. The van der Waals surface area contributed by atoms with E-state index in [1.807, 2.05) is 18.2 Å². The lowest BCUT2D eigenvalue weighted by Gasteiger charge is -2.27. The molecule has 0 bridgehead atoms. The molecule has 1 aromatic rings. The van der Waals surface area contributed by atoms with Crippen LogP contribution in [0.3, 0.4) is 0 Å². The molecule has 0 radical (unpaired) electrons. The van der Waals surface area contributed by atoms with Gasteiger partial charge in [-0.05, 0) is 36.9 Å². The van der Waals surface area contributed by atoms with Gasteiger partial charge in [-0.15, -0.1) is 17.0 Å². The molecule has 1 rings (SSSR count). The van der Waals surface area contributed by atoms with Crippen molar-refractivity contribution >= 4 is 34.3 Å². The van der Waals surface area contributed by atoms with Gasteiger partial charge < -0.3 is 5.11 Å². The summed E-state index contributed by atoms with van der Waals surface area (Å²) in [5.41, 5.74) is 1.95. The minimum Gasteiger partial charge on any atom is -0.862 e. The van der Waals surface area contributed by atoms with E-state index >= 15 is 0 Å². The number of benzene rings is 1. The van der Waals surface area contributed by atoms with Gasteiger partial charge in [0.15, 0.2) is 0 Å². The average molecular weight is 482 g/mol. The Kier molecular flexibility index (Phi) is 16.9. The second kappa shape index (κ2) is 17.5. The van der Waals surface area contributed by atoms with Gasteiger partial charge in [0.1, 0.15) is 12.2 Å². The third kappa shape index (κ3) is 13.2. The van der Waals surface area contributed by atoms with Gasteiger partial charge in [0, 0.05) is 12.1 Å². The molecule has 4 heteroatoms. The first-order valence-electron chi connectivity index (χ1n) is 11.8. The van der Waals surface area contributed by atoms with Gasteiger partial charge >= 0.3 is 0 Å². The van der Waals surface area contributed by atoms with Gasteiger partial charge in [0.25, 0.3) is 0 Å². The Morgan fingerprint density at radius 2 is 1.33 bits per heavy atom. The zero-order chi connectivity index (χ0) is 21.4. The number of likely N-dealkylation sites (N-methyl/N-ethyl adjacent to an activating group) is 1. The zero-order valence-corrected chi connectivity index (χ0v) is 21.4. The first-order valence-corrected chi connectivity index (χ1v) is 11.8. The number of unbranched alkanes of at least 4 members (excludes halogenated alkanes) is 11. The van der Waals surface area contributed by atoms with Crippen LogP contribution in [0.2, 0.25) is 0 Å². The van der Waals surface area contributed by atoms with E-state index in [-0.39, 0.29) is 22.9 Å². The highest BCUT2D eigenvalue weighted by atomic mass is 79.9. The molecular formula is C26H45BrN2O. The predicted octanol–water partition coefficient (Wildman–Crippen LogP) is 7.50. The van der Waals surface area contributed by atoms with Gasteiger partial charge in [0.05, 0.1) is 19.8 Å². The lowest BCUT2D eigenvalue weighted by atomic mass is 10.0. The summed E-state index contributed by atoms with van der Waals surface area (Å²) in [5.74, 6) is 0.00432. The summed E-state index contributed by atoms with van der Waals surface area (Å²) in [6.45, 7) is 6.96. The maximum absolute atomic E-state index is 12.1. The molecule has 172 valence electrons. The van der Waals surface area contributed by atoms with Crippen molar-refractivity contribution in [1.82, 2.24) is 4.48 Å². The molecular weight excluding hydrogens is 436 g/mol. The van der Waals surface area contributed by atoms with E-state index in [2.05, 4.69) is 44.7 Å². The van der Waals surface area contributed by atoms with Crippen molar-refractivity contribution in [2.45, 2.75) is 90.4 Å². The van der Waals surface area contributed by atoms with E-state index in [0.717, 1.165) is 29.6 Å². The number of nitrogens with zero attached hydrogens (tertiary/aromatic N) is 2. The molecule has 0 saturated carbocycles. The van der Waals surface area contributed by atoms with Gasteiger partial charge in [-0.2, -0.15) is 0 Å². The molecule has 0 fully saturated rings. The van der Waals surface area contributed by atoms with Gasteiger partial charge in [-0.3, -0.25) is 9.48 Å². The Hall–Kier alpha value is -1.13. The van der Waals surface area contributed by atoms with Crippen molar-refractivity contribution in [3.05, 3.63) is 36.9 Å². The van der Waals surface area contributed by atoms with Crippen LogP contribution in [0.1, 0.15) is 90.4 Å². The Labute approximate surface area is 196 Å². The summed E-state index contributed by atoms with van der Waals surface area (Å²) >= 11 is 0. The number of halogens is 1. The molecule has 0 N–H and O–H groups in total. The van der Waals surface area contributed by atoms with E-state index in [9.17, 15) is 5.11 Å². The Balaban J connectivity index is 0.00000841. The van der Waals surface area contributed by atoms with Gasteiger partial charge in [-0.25, -0.2) is 0 Å². The molecule has 0 heterocycles. The minimum absolute atomic E-state index is 0. The third-order valence-electron chi connectivity index (χ3n) is 5.63. The van der Waals surface area contributed by atoms with E-state index in [4.69, 9.17) is 0 Å². The van der Waals surface area contributed by atoms with Crippen molar-refractivity contribution < 1.29 is 5.11 Å². The van der Waals surface area contributed by atoms with E-state index in [0.29, 0.717) is 6.42 Å². The van der Waals surface area contributed by atoms with Gasteiger partial charge in [-0.1, -0.05) is 84.1 Å². The van der Waals surface area contributed by atoms with Crippen molar-refractivity contribution in [3.63, 3.8) is 0 Å². The quantitative estimate of drug-likeness (QED) is 0.0746. The molecule has 1 aromatic carbocycles. The SMILES string of the molecule is Br.C=CC[N+](C)(C)c1ccc(N=C([O-])CCCCCCCCCCCCCC)cc1. The zero-order valence-electron chi connectivity index (χ0n) is 19.7. The van der Waals surface area contributed by atoms with Crippen molar-refractivity contribution in [1.29, 1.82) is 0 Å². The minimum atomic E-state index is 0. The normalized spacial score (nSPS) is 11.9. The molecule has 0 atom stereocenters. The summed E-state index contributed by atoms with van der Waals surface area (Å²) in [6, 6.07) is 8.00. The molecule has 0 saturated heterocycles. The molecule has 30 heavy (non-hydrogen) atoms. The first-order chi connectivity index (χ1) is 14.0. The lowest BCUT2D eigenvalue weighted by Crippen LogP contribution is -2.40. The highest BCUT2D eigenvalue weighted by Gasteiger charge is 2.16. The Morgan fingerprint density at radius 1 is 0.867 bits per heavy atom. The molecule has 0 aliphatic rings. The summed E-state index contributed by atoms with van der Waals surface area (Å²) < 4.78 is 0.747. The predicted molar refractivity (Wildman–Crippen MR) is 138 cm³/mol. The maximum Gasteiger partial charge on any atom is 0.132 e. The highest BCUT2D eigenvalue weighted by Crippen LogP contribution is 2.23. The maximum atomic E-state index is 12.1. The Bertz CT molecular complexity index is 581. The van der Waals surface area contributed by atoms with Gasteiger partial charge in [0.2, 0.25) is 0 Å². The topological polar surface area (TPSA) is 35.4 Å². The molecule has 0 spiro atoms. The van der Waals surface area contributed by atoms with Crippen LogP contribution >= 0.6 is 17.0 Å². The summed E-state index contributed by atoms with van der Waals surface area (Å²) in [4.78, 5) is 4.25. The van der Waals surface area contributed by atoms with E-state index in [1.54, 1.807) is 0 Å². The van der Waals surface area contributed by atoms with Crippen LogP contribution in [-0.2, 0) is 0 Å². The molecule has 0 aliphatic heterocycles. The van der Waals surface area contributed by atoms with Crippen LogP contribution in [0.15, 0.2) is 41.9 Å². The van der Waals surface area contributed by atoms with Crippen LogP contribution in [0.4, 0.5) is 11.4 Å². The molecule has 0 aromatic heterocycles. The molecule has 0 aliphatic carbocycles. The standard InChI is InChI=1S/C26H44N2O.BrH/c1-5-7-8-9-10-11-12-13-14-15-16-17-18-26(29)27-24-19-21-25(22-20-24)28(3,4)23-6-2;/h6,19-22H,2,5,7-18,23H2,1,3-4H3;1H.